The Morgan fingerprint density at radius 2 is 1.96 bits per heavy atom. The molecule has 0 aliphatic carbocycles. The first-order valence-corrected chi connectivity index (χ1v) is 7.98. The van der Waals surface area contributed by atoms with Crippen LogP contribution >= 0.6 is 0 Å². The number of amides is 1. The zero-order chi connectivity index (χ0) is 16.8. The maximum atomic E-state index is 12.4. The van der Waals surface area contributed by atoms with E-state index in [0.717, 1.165) is 31.5 Å². The highest BCUT2D eigenvalue weighted by Crippen LogP contribution is 2.32. The van der Waals surface area contributed by atoms with Gasteiger partial charge >= 0.3 is 0 Å². The van der Waals surface area contributed by atoms with Gasteiger partial charge in [0.1, 0.15) is 0 Å². The van der Waals surface area contributed by atoms with Crippen molar-refractivity contribution >= 4 is 5.91 Å². The zero-order valence-electron chi connectivity index (χ0n) is 14.0. The van der Waals surface area contributed by atoms with Crippen LogP contribution in [-0.2, 0) is 4.79 Å². The summed E-state index contributed by atoms with van der Waals surface area (Å²) >= 11 is 0. The van der Waals surface area contributed by atoms with E-state index in [1.807, 2.05) is 11.0 Å². The summed E-state index contributed by atoms with van der Waals surface area (Å²) in [5.41, 5.74) is 0.781. The predicted molar refractivity (Wildman–Crippen MR) is 87.5 cm³/mol. The summed E-state index contributed by atoms with van der Waals surface area (Å²) in [5.74, 6) is 1.45. The second-order valence-electron chi connectivity index (χ2n) is 6.06. The van der Waals surface area contributed by atoms with Gasteiger partial charge in [0.25, 0.3) is 0 Å². The van der Waals surface area contributed by atoms with Crippen LogP contribution in [0, 0.1) is 17.2 Å². The highest BCUT2D eigenvalue weighted by atomic mass is 16.5. The molecule has 1 saturated heterocycles. The lowest BCUT2D eigenvalue weighted by atomic mass is 9.94. The summed E-state index contributed by atoms with van der Waals surface area (Å²) in [6.45, 7) is 3.80. The van der Waals surface area contributed by atoms with Crippen LogP contribution < -0.4 is 9.47 Å². The number of rotatable bonds is 5. The third kappa shape index (κ3) is 4.16. The Bertz CT molecular complexity index is 586. The van der Waals surface area contributed by atoms with E-state index < -0.39 is 5.92 Å². The number of carbonyl (C=O) groups excluding carboxylic acids is 1. The molecule has 1 atom stereocenters. The van der Waals surface area contributed by atoms with E-state index in [-0.39, 0.29) is 12.3 Å². The predicted octanol–water partition coefficient (Wildman–Crippen LogP) is 2.96. The van der Waals surface area contributed by atoms with E-state index in [1.54, 1.807) is 26.4 Å². The average Bonchev–Trinajstić information content (AvgIpc) is 2.59. The van der Waals surface area contributed by atoms with Crippen molar-refractivity contribution < 1.29 is 14.3 Å². The number of carbonyl (C=O) groups is 1. The number of nitrogens with zero attached hydrogens (tertiary/aromatic N) is 2. The molecule has 2 rings (SSSR count). The fourth-order valence-corrected chi connectivity index (χ4v) is 2.87. The maximum Gasteiger partial charge on any atom is 0.224 e. The molecular weight excluding hydrogens is 292 g/mol. The minimum absolute atomic E-state index is 0.0539. The Kier molecular flexibility index (Phi) is 5.86. The van der Waals surface area contributed by atoms with Gasteiger partial charge in [0.05, 0.1) is 26.2 Å². The topological polar surface area (TPSA) is 62.6 Å². The normalized spacial score (nSPS) is 16.5. The van der Waals surface area contributed by atoms with Gasteiger partial charge < -0.3 is 14.4 Å². The van der Waals surface area contributed by atoms with Crippen molar-refractivity contribution in [1.29, 1.82) is 5.26 Å². The molecule has 0 spiro atoms. The number of hydrogen-bond acceptors (Lipinski definition) is 4. The molecule has 1 aliphatic heterocycles. The van der Waals surface area contributed by atoms with E-state index in [2.05, 4.69) is 13.0 Å². The summed E-state index contributed by atoms with van der Waals surface area (Å²) in [4.78, 5) is 14.3. The number of nitriles is 1. The molecule has 1 unspecified atom stereocenters. The molecule has 0 radical (unpaired) electrons. The third-order valence-corrected chi connectivity index (χ3v) is 4.48. The van der Waals surface area contributed by atoms with Crippen molar-refractivity contribution in [3.63, 3.8) is 0 Å². The molecule has 1 aromatic rings. The minimum atomic E-state index is -0.471. The van der Waals surface area contributed by atoms with Crippen LogP contribution in [0.25, 0.3) is 0 Å². The van der Waals surface area contributed by atoms with E-state index in [0.29, 0.717) is 17.4 Å². The molecule has 5 nitrogen and oxygen atoms in total. The molecular formula is C18H24N2O3. The monoisotopic (exact) mass is 316 g/mol. The Balaban J connectivity index is 2.08. The van der Waals surface area contributed by atoms with E-state index in [1.165, 1.54) is 0 Å². The van der Waals surface area contributed by atoms with E-state index >= 15 is 0 Å². The summed E-state index contributed by atoms with van der Waals surface area (Å²) in [6, 6.07) is 7.61. The SMILES string of the molecule is COc1ccc(C(C#N)CC(=O)N2CCC(C)CC2)cc1OC. The van der Waals surface area contributed by atoms with Crippen LogP contribution in [0.5, 0.6) is 11.5 Å². The van der Waals surface area contributed by atoms with Crippen molar-refractivity contribution in [1.82, 2.24) is 4.90 Å². The molecule has 0 aromatic heterocycles. The fourth-order valence-electron chi connectivity index (χ4n) is 2.87. The smallest absolute Gasteiger partial charge is 0.224 e. The number of likely N-dealkylation sites (tertiary alicyclic amines) is 1. The van der Waals surface area contributed by atoms with E-state index in [4.69, 9.17) is 9.47 Å². The summed E-state index contributed by atoms with van der Waals surface area (Å²) in [5, 5.41) is 9.47. The van der Waals surface area contributed by atoms with Crippen molar-refractivity contribution in [2.24, 2.45) is 5.92 Å². The molecule has 1 heterocycles. The van der Waals surface area contributed by atoms with Gasteiger partial charge in [-0.05, 0) is 36.5 Å². The Hall–Kier alpha value is -2.22. The summed E-state index contributed by atoms with van der Waals surface area (Å²) in [6.07, 6.45) is 2.29. The first-order chi connectivity index (χ1) is 11.1. The maximum absolute atomic E-state index is 12.4. The van der Waals surface area contributed by atoms with Gasteiger partial charge in [0.15, 0.2) is 11.5 Å². The van der Waals surface area contributed by atoms with Crippen LogP contribution in [0.1, 0.15) is 37.7 Å². The first-order valence-electron chi connectivity index (χ1n) is 7.98. The van der Waals surface area contributed by atoms with Crippen molar-refractivity contribution in [2.45, 2.75) is 32.1 Å². The molecule has 1 aliphatic rings. The highest BCUT2D eigenvalue weighted by Gasteiger charge is 2.24. The van der Waals surface area contributed by atoms with Gasteiger partial charge in [0, 0.05) is 19.5 Å². The second-order valence-corrected chi connectivity index (χ2v) is 6.06. The summed E-state index contributed by atoms with van der Waals surface area (Å²) in [7, 11) is 3.13. The molecule has 1 aromatic carbocycles. The van der Waals surface area contributed by atoms with Crippen molar-refractivity contribution in [3.05, 3.63) is 23.8 Å². The molecule has 1 fully saturated rings. The van der Waals surface area contributed by atoms with Crippen LogP contribution in [0.4, 0.5) is 0 Å². The van der Waals surface area contributed by atoms with Crippen LogP contribution in [0.2, 0.25) is 0 Å². The largest absolute Gasteiger partial charge is 0.493 e. The zero-order valence-corrected chi connectivity index (χ0v) is 14.0. The van der Waals surface area contributed by atoms with Gasteiger partial charge in [-0.15, -0.1) is 0 Å². The molecule has 124 valence electrons. The molecule has 0 bridgehead atoms. The Labute approximate surface area is 137 Å². The number of hydrogen-bond donors (Lipinski definition) is 0. The van der Waals surface area contributed by atoms with Crippen LogP contribution in [-0.4, -0.2) is 38.1 Å². The van der Waals surface area contributed by atoms with Gasteiger partial charge in [-0.25, -0.2) is 0 Å². The lowest BCUT2D eigenvalue weighted by Crippen LogP contribution is -2.38. The standard InChI is InChI=1S/C18H24N2O3/c1-13-6-8-20(9-7-13)18(21)11-15(12-19)14-4-5-16(22-2)17(10-14)23-3/h4-5,10,13,15H,6-9,11H2,1-3H3. The molecule has 0 N–H and O–H groups in total. The lowest BCUT2D eigenvalue weighted by molar-refractivity contribution is -0.132. The molecule has 0 saturated carbocycles. The van der Waals surface area contributed by atoms with Gasteiger partial charge in [-0.3, -0.25) is 4.79 Å². The number of ether oxygens (including phenoxy) is 2. The average molecular weight is 316 g/mol. The lowest BCUT2D eigenvalue weighted by Gasteiger charge is -2.30. The summed E-state index contributed by atoms with van der Waals surface area (Å²) < 4.78 is 10.5. The number of benzene rings is 1. The van der Waals surface area contributed by atoms with Gasteiger partial charge in [-0.2, -0.15) is 5.26 Å². The Morgan fingerprint density at radius 1 is 1.30 bits per heavy atom. The second kappa shape index (κ2) is 7.87. The first kappa shape index (κ1) is 17.1. The van der Waals surface area contributed by atoms with Crippen molar-refractivity contribution in [3.8, 4) is 17.6 Å². The fraction of sp³-hybridized carbons (Fsp3) is 0.556. The minimum Gasteiger partial charge on any atom is -0.493 e. The molecule has 1 amide bonds. The number of methoxy groups -OCH3 is 2. The highest BCUT2D eigenvalue weighted by molar-refractivity contribution is 5.77. The van der Waals surface area contributed by atoms with Gasteiger partial charge in [0.2, 0.25) is 5.91 Å². The Morgan fingerprint density at radius 3 is 2.52 bits per heavy atom. The number of piperidine rings is 1. The van der Waals surface area contributed by atoms with Crippen molar-refractivity contribution in [2.75, 3.05) is 27.3 Å². The third-order valence-electron chi connectivity index (χ3n) is 4.48. The molecule has 23 heavy (non-hydrogen) atoms. The van der Waals surface area contributed by atoms with Crippen LogP contribution in [0.3, 0.4) is 0 Å². The quantitative estimate of drug-likeness (QED) is 0.838. The van der Waals surface area contributed by atoms with Gasteiger partial charge in [-0.1, -0.05) is 13.0 Å². The van der Waals surface area contributed by atoms with Crippen LogP contribution in [0.15, 0.2) is 18.2 Å². The molecule has 5 heteroatoms. The van der Waals surface area contributed by atoms with E-state index in [9.17, 15) is 10.1 Å².